The summed E-state index contributed by atoms with van der Waals surface area (Å²) in [6.07, 6.45) is 4.92. The lowest BCUT2D eigenvalue weighted by Crippen LogP contribution is -2.03. The van der Waals surface area contributed by atoms with Gasteiger partial charge in [-0.05, 0) is 24.3 Å². The first-order valence-corrected chi connectivity index (χ1v) is 5.38. The van der Waals surface area contributed by atoms with Crippen LogP contribution in [0.2, 0.25) is 0 Å². The Morgan fingerprint density at radius 3 is 2.67 bits per heavy atom. The second kappa shape index (κ2) is 3.96. The van der Waals surface area contributed by atoms with Crippen molar-refractivity contribution < 1.29 is 9.90 Å². The summed E-state index contributed by atoms with van der Waals surface area (Å²) in [5.41, 5.74) is 1.97. The molecule has 5 heteroatoms. The Hall–Kier alpha value is -2.69. The molecule has 0 fully saturated rings. The summed E-state index contributed by atoms with van der Waals surface area (Å²) in [4.78, 5) is 19.7. The van der Waals surface area contributed by atoms with Gasteiger partial charge in [-0.3, -0.25) is 9.38 Å². The molecule has 88 valence electrons. The van der Waals surface area contributed by atoms with Crippen LogP contribution in [0.3, 0.4) is 0 Å². The third kappa shape index (κ3) is 1.53. The zero-order valence-electron chi connectivity index (χ0n) is 9.32. The molecule has 0 aliphatic heterocycles. The van der Waals surface area contributed by atoms with Gasteiger partial charge in [-0.2, -0.15) is 0 Å². The summed E-state index contributed by atoms with van der Waals surface area (Å²) in [6.45, 7) is 0. The molecule has 0 bridgehead atoms. The number of rotatable bonds is 2. The number of nitrogens with zero attached hydrogens (tertiary/aromatic N) is 3. The van der Waals surface area contributed by atoms with Crippen LogP contribution in [0.1, 0.15) is 10.5 Å². The predicted octanol–water partition coefficient (Wildman–Crippen LogP) is 2.09. The van der Waals surface area contributed by atoms with Crippen LogP contribution in [-0.4, -0.2) is 25.4 Å². The summed E-state index contributed by atoms with van der Waals surface area (Å²) in [5, 5.41) is 9.34. The average Bonchev–Trinajstić information content (AvgIpc) is 2.79. The Labute approximate surface area is 102 Å². The van der Waals surface area contributed by atoms with Crippen molar-refractivity contribution in [2.45, 2.75) is 0 Å². The molecule has 0 saturated heterocycles. The number of carboxylic acids is 1. The zero-order chi connectivity index (χ0) is 12.5. The number of carboxylic acid groups (broad SMARTS) is 1. The predicted molar refractivity (Wildman–Crippen MR) is 65.4 cm³/mol. The molecule has 0 aromatic carbocycles. The maximum atomic E-state index is 11.4. The fourth-order valence-electron chi connectivity index (χ4n) is 1.91. The molecule has 0 atom stereocenters. The van der Waals surface area contributed by atoms with Gasteiger partial charge in [0.25, 0.3) is 0 Å². The van der Waals surface area contributed by atoms with E-state index in [4.69, 9.17) is 0 Å². The van der Waals surface area contributed by atoms with Gasteiger partial charge >= 0.3 is 5.97 Å². The quantitative estimate of drug-likeness (QED) is 0.743. The van der Waals surface area contributed by atoms with Gasteiger partial charge < -0.3 is 5.11 Å². The summed E-state index contributed by atoms with van der Waals surface area (Å²) >= 11 is 0. The van der Waals surface area contributed by atoms with E-state index in [9.17, 15) is 9.90 Å². The monoisotopic (exact) mass is 239 g/mol. The van der Waals surface area contributed by atoms with Crippen LogP contribution in [0.5, 0.6) is 0 Å². The van der Waals surface area contributed by atoms with Gasteiger partial charge in [0.2, 0.25) is 0 Å². The number of imidazole rings is 1. The summed E-state index contributed by atoms with van der Waals surface area (Å²) in [7, 11) is 0. The van der Waals surface area contributed by atoms with Crippen LogP contribution in [0.15, 0.2) is 48.9 Å². The van der Waals surface area contributed by atoms with E-state index < -0.39 is 5.97 Å². The van der Waals surface area contributed by atoms with Crippen molar-refractivity contribution in [3.63, 3.8) is 0 Å². The second-order valence-corrected chi connectivity index (χ2v) is 3.78. The zero-order valence-corrected chi connectivity index (χ0v) is 9.32. The minimum absolute atomic E-state index is 0.164. The summed E-state index contributed by atoms with van der Waals surface area (Å²) in [5.74, 6) is -1.000. The number of hydrogen-bond acceptors (Lipinski definition) is 3. The number of hydrogen-bond donors (Lipinski definition) is 1. The number of pyridine rings is 2. The third-order valence-corrected chi connectivity index (χ3v) is 2.69. The molecule has 0 amide bonds. The molecule has 0 spiro atoms. The number of aromatic carboxylic acids is 1. The molecule has 5 nitrogen and oxygen atoms in total. The first-order valence-electron chi connectivity index (χ1n) is 5.38. The van der Waals surface area contributed by atoms with Crippen LogP contribution in [0.4, 0.5) is 0 Å². The highest BCUT2D eigenvalue weighted by Gasteiger charge is 2.19. The standard InChI is InChI=1S/C13H9N3O2/c17-13(18)12-11(9-4-6-14-7-5-9)15-10-3-1-2-8-16(10)12/h1-8H,(H,17,18). The van der Waals surface area contributed by atoms with Crippen molar-refractivity contribution in [1.82, 2.24) is 14.4 Å². The van der Waals surface area contributed by atoms with Gasteiger partial charge in [-0.15, -0.1) is 0 Å². The molecular formula is C13H9N3O2. The van der Waals surface area contributed by atoms with Gasteiger partial charge in [0.15, 0.2) is 5.69 Å². The highest BCUT2D eigenvalue weighted by Crippen LogP contribution is 2.23. The first-order chi connectivity index (χ1) is 8.77. The number of fused-ring (bicyclic) bond motifs is 1. The molecule has 1 N–H and O–H groups in total. The second-order valence-electron chi connectivity index (χ2n) is 3.78. The van der Waals surface area contributed by atoms with E-state index in [1.54, 1.807) is 47.3 Å². The van der Waals surface area contributed by atoms with Crippen molar-refractivity contribution in [2.24, 2.45) is 0 Å². The average molecular weight is 239 g/mol. The smallest absolute Gasteiger partial charge is 0.355 e. The first kappa shape index (κ1) is 10.5. The summed E-state index contributed by atoms with van der Waals surface area (Å²) in [6, 6.07) is 8.86. The molecule has 3 aromatic rings. The molecule has 0 radical (unpaired) electrons. The Morgan fingerprint density at radius 1 is 1.17 bits per heavy atom. The largest absolute Gasteiger partial charge is 0.476 e. The Balaban J connectivity index is 2.36. The van der Waals surface area contributed by atoms with Crippen LogP contribution >= 0.6 is 0 Å². The van der Waals surface area contributed by atoms with E-state index in [0.717, 1.165) is 5.56 Å². The van der Waals surface area contributed by atoms with E-state index in [1.807, 2.05) is 6.07 Å². The molecule has 0 saturated carbocycles. The van der Waals surface area contributed by atoms with Gasteiger partial charge in [-0.25, -0.2) is 9.78 Å². The van der Waals surface area contributed by atoms with Crippen molar-refractivity contribution in [2.75, 3.05) is 0 Å². The molecule has 0 aliphatic rings. The minimum atomic E-state index is -1.000. The molecule has 3 rings (SSSR count). The molecule has 0 aliphatic carbocycles. The molecule has 3 aromatic heterocycles. The van der Waals surface area contributed by atoms with Crippen molar-refractivity contribution >= 4 is 11.6 Å². The van der Waals surface area contributed by atoms with Gasteiger partial charge in [0.05, 0.1) is 0 Å². The van der Waals surface area contributed by atoms with Gasteiger partial charge in [-0.1, -0.05) is 6.07 Å². The topological polar surface area (TPSA) is 67.5 Å². The minimum Gasteiger partial charge on any atom is -0.476 e. The van der Waals surface area contributed by atoms with E-state index >= 15 is 0 Å². The maximum Gasteiger partial charge on any atom is 0.355 e. The fourth-order valence-corrected chi connectivity index (χ4v) is 1.91. The highest BCUT2D eigenvalue weighted by atomic mass is 16.4. The maximum absolute atomic E-state index is 11.4. The van der Waals surface area contributed by atoms with Crippen LogP contribution in [0, 0.1) is 0 Å². The lowest BCUT2D eigenvalue weighted by atomic mass is 10.1. The fraction of sp³-hybridized carbons (Fsp3) is 0. The molecule has 3 heterocycles. The van der Waals surface area contributed by atoms with E-state index in [-0.39, 0.29) is 5.69 Å². The van der Waals surface area contributed by atoms with Crippen molar-refractivity contribution in [1.29, 1.82) is 0 Å². The van der Waals surface area contributed by atoms with Crippen LogP contribution < -0.4 is 0 Å². The lowest BCUT2D eigenvalue weighted by Gasteiger charge is -1.99. The third-order valence-electron chi connectivity index (χ3n) is 2.69. The molecule has 0 unspecified atom stereocenters. The summed E-state index contributed by atoms with van der Waals surface area (Å²) < 4.78 is 1.57. The Kier molecular flexibility index (Phi) is 2.30. The van der Waals surface area contributed by atoms with Crippen LogP contribution in [0.25, 0.3) is 16.9 Å². The lowest BCUT2D eigenvalue weighted by molar-refractivity contribution is 0.0690. The van der Waals surface area contributed by atoms with E-state index in [1.165, 1.54) is 0 Å². The van der Waals surface area contributed by atoms with E-state index in [0.29, 0.717) is 11.3 Å². The number of carbonyl (C=O) groups is 1. The Morgan fingerprint density at radius 2 is 1.94 bits per heavy atom. The van der Waals surface area contributed by atoms with Gasteiger partial charge in [0, 0.05) is 24.2 Å². The molecule has 18 heavy (non-hydrogen) atoms. The van der Waals surface area contributed by atoms with E-state index in [2.05, 4.69) is 9.97 Å². The SMILES string of the molecule is O=C(O)c1c(-c2ccncc2)nc2ccccn12. The normalized spacial score (nSPS) is 10.7. The van der Waals surface area contributed by atoms with Gasteiger partial charge in [0.1, 0.15) is 11.3 Å². The van der Waals surface area contributed by atoms with Crippen LogP contribution in [-0.2, 0) is 0 Å². The Bertz CT molecular complexity index is 719. The van der Waals surface area contributed by atoms with Crippen molar-refractivity contribution in [3.05, 3.63) is 54.6 Å². The van der Waals surface area contributed by atoms with Crippen molar-refractivity contribution in [3.8, 4) is 11.3 Å². The molecular weight excluding hydrogens is 230 g/mol. The highest BCUT2D eigenvalue weighted by molar-refractivity contribution is 5.94. The number of aromatic nitrogens is 3.